The lowest BCUT2D eigenvalue weighted by Crippen LogP contribution is -2.14. The zero-order valence-corrected chi connectivity index (χ0v) is 16.7. The minimum Gasteiger partial charge on any atom is -0.496 e. The molecule has 154 valence electrons. The van der Waals surface area contributed by atoms with Gasteiger partial charge in [0.05, 0.1) is 25.2 Å². The van der Waals surface area contributed by atoms with E-state index in [0.29, 0.717) is 28.4 Å². The van der Waals surface area contributed by atoms with E-state index in [2.05, 4.69) is 10.3 Å². The number of nitrogens with one attached hydrogen (secondary N) is 1. The SMILES string of the molecule is COc1ccccc1C(=O)Nc1ccc(OC(=O)c2cncn2-c2ccccc2)cc1. The van der Waals surface area contributed by atoms with Crippen LogP contribution in [-0.4, -0.2) is 28.5 Å². The van der Waals surface area contributed by atoms with Crippen LogP contribution >= 0.6 is 0 Å². The minimum atomic E-state index is -0.535. The van der Waals surface area contributed by atoms with Crippen LogP contribution in [0.25, 0.3) is 5.69 Å². The first-order valence-electron chi connectivity index (χ1n) is 9.50. The molecule has 0 saturated heterocycles. The Morgan fingerprint density at radius 3 is 2.35 bits per heavy atom. The van der Waals surface area contributed by atoms with Gasteiger partial charge in [0, 0.05) is 11.4 Å². The highest BCUT2D eigenvalue weighted by Crippen LogP contribution is 2.21. The molecular formula is C24H19N3O4. The number of nitrogens with zero attached hydrogens (tertiary/aromatic N) is 2. The topological polar surface area (TPSA) is 82.4 Å². The molecule has 7 nitrogen and oxygen atoms in total. The third kappa shape index (κ3) is 4.45. The van der Waals surface area contributed by atoms with Crippen molar-refractivity contribution >= 4 is 17.6 Å². The summed E-state index contributed by atoms with van der Waals surface area (Å²) in [6, 6.07) is 22.9. The van der Waals surface area contributed by atoms with Crippen LogP contribution in [0.4, 0.5) is 5.69 Å². The number of benzene rings is 3. The molecule has 0 unspecified atom stereocenters. The average molecular weight is 413 g/mol. The summed E-state index contributed by atoms with van der Waals surface area (Å²) in [4.78, 5) is 29.2. The Kier molecular flexibility index (Phi) is 5.75. The zero-order valence-electron chi connectivity index (χ0n) is 16.7. The average Bonchev–Trinajstić information content (AvgIpc) is 3.31. The summed E-state index contributed by atoms with van der Waals surface area (Å²) in [6.45, 7) is 0. The van der Waals surface area contributed by atoms with E-state index in [1.807, 2.05) is 30.3 Å². The smallest absolute Gasteiger partial charge is 0.362 e. The van der Waals surface area contributed by atoms with E-state index in [1.54, 1.807) is 59.4 Å². The molecule has 0 atom stereocenters. The lowest BCUT2D eigenvalue weighted by molar-refractivity contribution is 0.0726. The van der Waals surface area contributed by atoms with Crippen molar-refractivity contribution in [1.82, 2.24) is 9.55 Å². The largest absolute Gasteiger partial charge is 0.496 e. The van der Waals surface area contributed by atoms with Crippen molar-refractivity contribution in [2.24, 2.45) is 0 Å². The second-order valence-electron chi connectivity index (χ2n) is 6.55. The van der Waals surface area contributed by atoms with Crippen LogP contribution in [-0.2, 0) is 0 Å². The molecule has 4 aromatic rings. The Hall–Kier alpha value is -4.39. The van der Waals surface area contributed by atoms with Gasteiger partial charge >= 0.3 is 5.97 Å². The number of ether oxygens (including phenoxy) is 2. The summed E-state index contributed by atoms with van der Waals surface area (Å²) in [5.74, 6) is 0.00259. The number of rotatable bonds is 6. The number of anilines is 1. The van der Waals surface area contributed by atoms with Gasteiger partial charge in [0.1, 0.15) is 11.5 Å². The Labute approximate surface area is 178 Å². The van der Waals surface area contributed by atoms with Crippen molar-refractivity contribution in [2.75, 3.05) is 12.4 Å². The Morgan fingerprint density at radius 1 is 0.903 bits per heavy atom. The number of hydrogen-bond acceptors (Lipinski definition) is 5. The highest BCUT2D eigenvalue weighted by Gasteiger charge is 2.16. The van der Waals surface area contributed by atoms with E-state index in [4.69, 9.17) is 9.47 Å². The molecule has 7 heteroatoms. The fourth-order valence-electron chi connectivity index (χ4n) is 3.04. The van der Waals surface area contributed by atoms with Crippen LogP contribution in [0, 0.1) is 0 Å². The molecule has 0 radical (unpaired) electrons. The molecule has 0 aliphatic carbocycles. The standard InChI is InChI=1S/C24H19N3O4/c1-30-22-10-6-5-9-20(22)23(28)26-17-11-13-19(14-12-17)31-24(29)21-15-25-16-27(21)18-7-3-2-4-8-18/h2-16H,1H3,(H,26,28). The fourth-order valence-corrected chi connectivity index (χ4v) is 3.04. The predicted octanol–water partition coefficient (Wildman–Crippen LogP) is 4.35. The van der Waals surface area contributed by atoms with Crippen molar-refractivity contribution in [1.29, 1.82) is 0 Å². The number of carbonyl (C=O) groups excluding carboxylic acids is 2. The molecule has 4 rings (SSSR count). The lowest BCUT2D eigenvalue weighted by atomic mass is 10.2. The number of esters is 1. The van der Waals surface area contributed by atoms with Crippen molar-refractivity contribution in [3.05, 3.63) is 103 Å². The van der Waals surface area contributed by atoms with Crippen LogP contribution in [0.2, 0.25) is 0 Å². The number of hydrogen-bond donors (Lipinski definition) is 1. The summed E-state index contributed by atoms with van der Waals surface area (Å²) >= 11 is 0. The van der Waals surface area contributed by atoms with E-state index in [0.717, 1.165) is 5.69 Å². The van der Waals surface area contributed by atoms with Crippen LogP contribution in [0.15, 0.2) is 91.4 Å². The Morgan fingerprint density at radius 2 is 1.61 bits per heavy atom. The van der Waals surface area contributed by atoms with Gasteiger partial charge in [-0.1, -0.05) is 30.3 Å². The van der Waals surface area contributed by atoms with E-state index in [9.17, 15) is 9.59 Å². The Balaban J connectivity index is 1.44. The third-order valence-electron chi connectivity index (χ3n) is 4.56. The first kappa shape index (κ1) is 19.9. The summed E-state index contributed by atoms with van der Waals surface area (Å²) in [5.41, 5.74) is 2.10. The number of imidazole rings is 1. The maximum Gasteiger partial charge on any atom is 0.362 e. The molecule has 0 spiro atoms. The molecule has 0 saturated carbocycles. The molecule has 1 heterocycles. The zero-order chi connectivity index (χ0) is 21.6. The first-order valence-corrected chi connectivity index (χ1v) is 9.50. The molecule has 3 aromatic carbocycles. The highest BCUT2D eigenvalue weighted by molar-refractivity contribution is 6.06. The van der Waals surface area contributed by atoms with Crippen LogP contribution in [0.5, 0.6) is 11.5 Å². The van der Waals surface area contributed by atoms with Gasteiger partial charge < -0.3 is 14.8 Å². The number of amides is 1. The van der Waals surface area contributed by atoms with Gasteiger partial charge in [-0.3, -0.25) is 9.36 Å². The monoisotopic (exact) mass is 413 g/mol. The molecule has 31 heavy (non-hydrogen) atoms. The van der Waals surface area contributed by atoms with Gasteiger partial charge in [0.2, 0.25) is 0 Å². The van der Waals surface area contributed by atoms with E-state index in [-0.39, 0.29) is 5.91 Å². The third-order valence-corrected chi connectivity index (χ3v) is 4.56. The summed E-state index contributed by atoms with van der Waals surface area (Å²) < 4.78 is 12.3. The number of carbonyl (C=O) groups is 2. The minimum absolute atomic E-state index is 0.297. The molecular weight excluding hydrogens is 394 g/mol. The molecule has 1 amide bonds. The second kappa shape index (κ2) is 8.96. The molecule has 0 fully saturated rings. The van der Waals surface area contributed by atoms with Crippen molar-refractivity contribution in [3.8, 4) is 17.2 Å². The Bertz CT molecular complexity index is 1200. The quantitative estimate of drug-likeness (QED) is 0.375. The van der Waals surface area contributed by atoms with Crippen molar-refractivity contribution < 1.29 is 19.1 Å². The molecule has 1 aromatic heterocycles. The normalized spacial score (nSPS) is 10.4. The van der Waals surface area contributed by atoms with Gasteiger partial charge in [-0.15, -0.1) is 0 Å². The predicted molar refractivity (Wildman–Crippen MR) is 116 cm³/mol. The lowest BCUT2D eigenvalue weighted by Gasteiger charge is -2.10. The van der Waals surface area contributed by atoms with Crippen molar-refractivity contribution in [3.63, 3.8) is 0 Å². The highest BCUT2D eigenvalue weighted by atomic mass is 16.5. The number of methoxy groups -OCH3 is 1. The number of aromatic nitrogens is 2. The molecule has 0 aliphatic rings. The summed E-state index contributed by atoms with van der Waals surface area (Å²) in [7, 11) is 1.51. The van der Waals surface area contributed by atoms with E-state index < -0.39 is 5.97 Å². The maximum absolute atomic E-state index is 12.6. The van der Waals surface area contributed by atoms with E-state index in [1.165, 1.54) is 13.3 Å². The molecule has 0 bridgehead atoms. The van der Waals surface area contributed by atoms with Gasteiger partial charge in [0.15, 0.2) is 5.69 Å². The molecule has 0 aliphatic heterocycles. The van der Waals surface area contributed by atoms with Crippen LogP contribution < -0.4 is 14.8 Å². The first-order chi connectivity index (χ1) is 15.2. The molecule has 1 N–H and O–H groups in total. The van der Waals surface area contributed by atoms with E-state index >= 15 is 0 Å². The van der Waals surface area contributed by atoms with Crippen molar-refractivity contribution in [2.45, 2.75) is 0 Å². The second-order valence-corrected chi connectivity index (χ2v) is 6.55. The van der Waals surface area contributed by atoms with Crippen LogP contribution in [0.3, 0.4) is 0 Å². The van der Waals surface area contributed by atoms with Gasteiger partial charge in [-0.25, -0.2) is 9.78 Å². The van der Waals surface area contributed by atoms with Gasteiger partial charge in [0.25, 0.3) is 5.91 Å². The van der Waals surface area contributed by atoms with Crippen LogP contribution in [0.1, 0.15) is 20.8 Å². The summed E-state index contributed by atoms with van der Waals surface area (Å²) in [6.07, 6.45) is 3.01. The maximum atomic E-state index is 12.6. The summed E-state index contributed by atoms with van der Waals surface area (Å²) in [5, 5.41) is 2.80. The van der Waals surface area contributed by atoms with Gasteiger partial charge in [-0.05, 0) is 48.5 Å². The number of para-hydroxylation sites is 2. The van der Waals surface area contributed by atoms with Gasteiger partial charge in [-0.2, -0.15) is 0 Å². The fraction of sp³-hybridized carbons (Fsp3) is 0.0417.